The molecule has 0 N–H and O–H groups in total. The molecule has 1 unspecified atom stereocenters. The first-order chi connectivity index (χ1) is 4.19. The van der Waals surface area contributed by atoms with Crippen molar-refractivity contribution in [3.05, 3.63) is 0 Å². The van der Waals surface area contributed by atoms with Gasteiger partial charge in [-0.2, -0.15) is 13.2 Å². The van der Waals surface area contributed by atoms with Gasteiger partial charge >= 0.3 is 6.18 Å². The Labute approximate surface area is 69.0 Å². The molecule has 0 heterocycles. The second-order valence-electron chi connectivity index (χ2n) is 1.42. The van der Waals surface area contributed by atoms with Crippen molar-refractivity contribution in [1.82, 2.24) is 0 Å². The Bertz CT molecular complexity index is 117. The smallest absolute Gasteiger partial charge is 0.226 e. The predicted octanol–water partition coefficient (Wildman–Crippen LogP) is 3.26. The third-order valence-corrected chi connectivity index (χ3v) is 2.01. The van der Waals surface area contributed by atoms with Crippen molar-refractivity contribution in [2.24, 2.45) is 0 Å². The van der Waals surface area contributed by atoms with Crippen molar-refractivity contribution in [3.8, 4) is 0 Å². The molecule has 0 aliphatic rings. The molecule has 0 bridgehead atoms. The molecule has 0 aromatic rings. The molecule has 0 aliphatic carbocycles. The summed E-state index contributed by atoms with van der Waals surface area (Å²) in [4.78, 5) is 0. The third kappa shape index (κ3) is 2.04. The lowest BCUT2D eigenvalue weighted by molar-refractivity contribution is -0.147. The van der Waals surface area contributed by atoms with E-state index in [9.17, 15) is 17.6 Å². The van der Waals surface area contributed by atoms with E-state index >= 15 is 0 Å². The summed E-state index contributed by atoms with van der Waals surface area (Å²) in [7, 11) is 0. The van der Waals surface area contributed by atoms with Crippen LogP contribution in [0.3, 0.4) is 0 Å². The maximum absolute atomic E-state index is 11.8. The minimum Gasteiger partial charge on any atom is -0.226 e. The fourth-order valence-corrected chi connectivity index (χ4v) is 0.247. The molecule has 0 spiro atoms. The molecule has 0 radical (unpaired) electrons. The van der Waals surface area contributed by atoms with Crippen LogP contribution in [0.25, 0.3) is 0 Å². The van der Waals surface area contributed by atoms with Crippen molar-refractivity contribution in [1.29, 1.82) is 0 Å². The number of halogens is 7. The van der Waals surface area contributed by atoms with Gasteiger partial charge < -0.3 is 0 Å². The quantitative estimate of drug-likeness (QED) is 0.469. The minimum absolute atomic E-state index is 2.86. The summed E-state index contributed by atoms with van der Waals surface area (Å²) < 4.78 is 42.7. The summed E-state index contributed by atoms with van der Waals surface area (Å²) in [5, 5.41) is 0. The number of rotatable bonds is 1. The molecule has 0 saturated heterocycles. The Hall–Kier alpha value is 0.590. The van der Waals surface area contributed by atoms with Gasteiger partial charge in [0.2, 0.25) is 5.63 Å². The van der Waals surface area contributed by atoms with E-state index in [1.54, 1.807) is 0 Å². The van der Waals surface area contributed by atoms with Crippen LogP contribution in [0, 0.1) is 0 Å². The fraction of sp³-hybridized carbons (Fsp3) is 1.00. The summed E-state index contributed by atoms with van der Waals surface area (Å²) in [6.07, 6.45) is -5.06. The molecule has 0 aromatic carbocycles. The molecule has 62 valence electrons. The zero-order valence-corrected chi connectivity index (χ0v) is 6.49. The van der Waals surface area contributed by atoms with Crippen LogP contribution in [-0.4, -0.2) is 16.1 Å². The summed E-state index contributed by atoms with van der Waals surface area (Å²) in [5.74, 6) is 0. The zero-order chi connectivity index (χ0) is 8.58. The lowest BCUT2D eigenvalue weighted by Crippen LogP contribution is -2.40. The first-order valence-corrected chi connectivity index (χ1v) is 3.11. The van der Waals surface area contributed by atoms with Gasteiger partial charge in [0, 0.05) is 0 Å². The summed E-state index contributed by atoms with van der Waals surface area (Å²) in [5.41, 5.74) is -2.86. The van der Waals surface area contributed by atoms with Crippen LogP contribution in [0.2, 0.25) is 0 Å². The highest BCUT2D eigenvalue weighted by molar-refractivity contribution is 6.52. The topological polar surface area (TPSA) is 0 Å². The second-order valence-corrected chi connectivity index (χ2v) is 3.19. The Morgan fingerprint density at radius 2 is 1.40 bits per heavy atom. The predicted molar refractivity (Wildman–Crippen MR) is 31.2 cm³/mol. The van der Waals surface area contributed by atoms with Gasteiger partial charge in [-0.25, -0.2) is 4.39 Å². The molecule has 0 saturated carbocycles. The van der Waals surface area contributed by atoms with Crippen LogP contribution in [-0.2, 0) is 0 Å². The van der Waals surface area contributed by atoms with E-state index in [0.717, 1.165) is 0 Å². The molecule has 0 fully saturated rings. The summed E-state index contributed by atoms with van der Waals surface area (Å²) in [6, 6.07) is 0. The molecule has 10 heavy (non-hydrogen) atoms. The SMILES string of the molecule is FC(Cl)C(Cl)(Cl)C(F)(F)F. The number of hydrogen-bond acceptors (Lipinski definition) is 0. The average Bonchev–Trinajstić information content (AvgIpc) is 1.62. The molecule has 7 heteroatoms. The molecule has 0 aromatic heterocycles. The maximum Gasteiger partial charge on any atom is 0.425 e. The van der Waals surface area contributed by atoms with Crippen LogP contribution in [0.1, 0.15) is 0 Å². The summed E-state index contributed by atoms with van der Waals surface area (Å²) in [6.45, 7) is 0. The van der Waals surface area contributed by atoms with E-state index in [2.05, 4.69) is 34.8 Å². The van der Waals surface area contributed by atoms with Crippen molar-refractivity contribution in [2.45, 2.75) is 16.1 Å². The normalized spacial score (nSPS) is 17.1. The van der Waals surface area contributed by atoms with Gasteiger partial charge in [0.25, 0.3) is 4.33 Å². The van der Waals surface area contributed by atoms with Crippen LogP contribution < -0.4 is 0 Å². The maximum atomic E-state index is 11.8. The Balaban J connectivity index is 4.40. The first kappa shape index (κ1) is 10.6. The van der Waals surface area contributed by atoms with Crippen molar-refractivity contribution in [3.63, 3.8) is 0 Å². The molecule has 0 rings (SSSR count). The van der Waals surface area contributed by atoms with E-state index < -0.39 is 16.1 Å². The van der Waals surface area contributed by atoms with E-state index in [0.29, 0.717) is 0 Å². The van der Waals surface area contributed by atoms with Gasteiger partial charge in [-0.05, 0) is 0 Å². The van der Waals surface area contributed by atoms with Gasteiger partial charge in [0.05, 0.1) is 0 Å². The molecule has 0 nitrogen and oxygen atoms in total. The van der Waals surface area contributed by atoms with Gasteiger partial charge in [0.1, 0.15) is 0 Å². The Morgan fingerprint density at radius 1 is 1.10 bits per heavy atom. The Morgan fingerprint density at radius 3 is 1.40 bits per heavy atom. The van der Waals surface area contributed by atoms with Crippen LogP contribution in [0.5, 0.6) is 0 Å². The largest absolute Gasteiger partial charge is 0.425 e. The van der Waals surface area contributed by atoms with E-state index in [1.165, 1.54) is 0 Å². The van der Waals surface area contributed by atoms with Gasteiger partial charge in [0.15, 0.2) is 0 Å². The lowest BCUT2D eigenvalue weighted by Gasteiger charge is -2.21. The Kier molecular flexibility index (Phi) is 3.08. The van der Waals surface area contributed by atoms with Crippen molar-refractivity contribution < 1.29 is 17.6 Å². The van der Waals surface area contributed by atoms with Crippen LogP contribution in [0.15, 0.2) is 0 Å². The lowest BCUT2D eigenvalue weighted by atomic mass is 10.4. The summed E-state index contributed by atoms with van der Waals surface area (Å²) >= 11 is 13.4. The van der Waals surface area contributed by atoms with Crippen molar-refractivity contribution >= 4 is 34.8 Å². The van der Waals surface area contributed by atoms with Crippen molar-refractivity contribution in [2.75, 3.05) is 0 Å². The standard InChI is InChI=1S/C3HCl3F4/c4-1(7)2(5,6)3(8,9)10/h1H. The molecule has 1 atom stereocenters. The van der Waals surface area contributed by atoms with Gasteiger partial charge in [-0.1, -0.05) is 34.8 Å². The molecule has 0 aliphatic heterocycles. The number of alkyl halides is 7. The highest BCUT2D eigenvalue weighted by Crippen LogP contribution is 2.44. The minimum atomic E-state index is -5.06. The van der Waals surface area contributed by atoms with Gasteiger partial charge in [-0.15, -0.1) is 0 Å². The monoisotopic (exact) mass is 218 g/mol. The first-order valence-electron chi connectivity index (χ1n) is 1.92. The molecular weight excluding hydrogens is 218 g/mol. The molecule has 0 amide bonds. The number of hydrogen-bond donors (Lipinski definition) is 0. The van der Waals surface area contributed by atoms with Crippen LogP contribution in [0.4, 0.5) is 17.6 Å². The van der Waals surface area contributed by atoms with E-state index in [4.69, 9.17) is 0 Å². The third-order valence-electron chi connectivity index (χ3n) is 0.652. The zero-order valence-electron chi connectivity index (χ0n) is 4.22. The van der Waals surface area contributed by atoms with E-state index in [1.807, 2.05) is 0 Å². The highest BCUT2D eigenvalue weighted by atomic mass is 35.5. The van der Waals surface area contributed by atoms with E-state index in [-0.39, 0.29) is 0 Å². The van der Waals surface area contributed by atoms with Gasteiger partial charge in [-0.3, -0.25) is 0 Å². The van der Waals surface area contributed by atoms with Crippen LogP contribution >= 0.6 is 34.8 Å². The fourth-order valence-electron chi connectivity index (χ4n) is 0.124. The molecular formula is C3HCl3F4. The second kappa shape index (κ2) is 2.91. The average molecular weight is 219 g/mol. The highest BCUT2D eigenvalue weighted by Gasteiger charge is 2.58.